The average Bonchev–Trinajstić information content (AvgIpc) is 3.46. The summed E-state index contributed by atoms with van der Waals surface area (Å²) in [5.41, 5.74) is 1.53. The Morgan fingerprint density at radius 1 is 1.07 bits per heavy atom. The standard InChI is InChI=1S/C19H16N8O2/c28-17(11-26-19(29)15-6-1-2-7-16(15)21-24-26)20-13-5-3-4-12(10-13)18-22-23-25-27(18)14-8-9-14/h1-7,10,14H,8-9,11H2,(H,20,28). The van der Waals surface area contributed by atoms with E-state index in [4.69, 9.17) is 0 Å². The highest BCUT2D eigenvalue weighted by Gasteiger charge is 2.28. The summed E-state index contributed by atoms with van der Waals surface area (Å²) < 4.78 is 2.86. The molecule has 1 aliphatic rings. The number of anilines is 1. The van der Waals surface area contributed by atoms with E-state index >= 15 is 0 Å². The van der Waals surface area contributed by atoms with Gasteiger partial charge in [0.2, 0.25) is 5.91 Å². The maximum atomic E-state index is 12.5. The molecule has 0 radical (unpaired) electrons. The second-order valence-electron chi connectivity index (χ2n) is 6.88. The van der Waals surface area contributed by atoms with E-state index in [1.165, 1.54) is 0 Å². The molecule has 0 aliphatic heterocycles. The van der Waals surface area contributed by atoms with Crippen molar-refractivity contribution in [1.82, 2.24) is 35.2 Å². The minimum atomic E-state index is -0.379. The monoisotopic (exact) mass is 388 g/mol. The molecular formula is C19H16N8O2. The van der Waals surface area contributed by atoms with Crippen LogP contribution in [-0.4, -0.2) is 41.1 Å². The van der Waals surface area contributed by atoms with Gasteiger partial charge in [0.05, 0.1) is 11.4 Å². The molecule has 1 N–H and O–H groups in total. The van der Waals surface area contributed by atoms with E-state index in [-0.39, 0.29) is 18.0 Å². The summed E-state index contributed by atoms with van der Waals surface area (Å²) in [5, 5.41) is 23.0. The lowest BCUT2D eigenvalue weighted by Crippen LogP contribution is -2.30. The number of nitrogens with zero attached hydrogens (tertiary/aromatic N) is 7. The highest BCUT2D eigenvalue weighted by atomic mass is 16.2. The number of benzene rings is 2. The van der Waals surface area contributed by atoms with Crippen LogP contribution in [0, 0.1) is 0 Å². The lowest BCUT2D eigenvalue weighted by atomic mass is 10.2. The van der Waals surface area contributed by atoms with Gasteiger partial charge in [-0.15, -0.1) is 10.2 Å². The van der Waals surface area contributed by atoms with Gasteiger partial charge >= 0.3 is 0 Å². The molecule has 1 saturated carbocycles. The number of rotatable bonds is 5. The first-order valence-corrected chi connectivity index (χ1v) is 9.20. The minimum absolute atomic E-state index is 0.235. The predicted molar refractivity (Wildman–Crippen MR) is 104 cm³/mol. The molecule has 0 atom stereocenters. The van der Waals surface area contributed by atoms with Gasteiger partial charge in [0.25, 0.3) is 5.56 Å². The van der Waals surface area contributed by atoms with Crippen LogP contribution < -0.4 is 10.9 Å². The number of hydrogen-bond acceptors (Lipinski definition) is 7. The van der Waals surface area contributed by atoms with Crippen LogP contribution in [0.1, 0.15) is 18.9 Å². The molecule has 10 nitrogen and oxygen atoms in total. The van der Waals surface area contributed by atoms with Crippen LogP contribution >= 0.6 is 0 Å². The topological polar surface area (TPSA) is 120 Å². The summed E-state index contributed by atoms with van der Waals surface area (Å²) in [6.45, 7) is -0.235. The normalized spacial score (nSPS) is 13.5. The Morgan fingerprint density at radius 3 is 2.79 bits per heavy atom. The maximum absolute atomic E-state index is 12.5. The molecule has 0 bridgehead atoms. The van der Waals surface area contributed by atoms with Crippen LogP contribution in [0.15, 0.2) is 53.3 Å². The van der Waals surface area contributed by atoms with Crippen LogP contribution in [0.2, 0.25) is 0 Å². The fraction of sp³-hybridized carbons (Fsp3) is 0.211. The zero-order valence-corrected chi connectivity index (χ0v) is 15.3. The van der Waals surface area contributed by atoms with E-state index in [1.807, 2.05) is 16.8 Å². The summed E-state index contributed by atoms with van der Waals surface area (Å²) >= 11 is 0. The number of tetrazole rings is 1. The molecule has 144 valence electrons. The number of carbonyl (C=O) groups excluding carboxylic acids is 1. The van der Waals surface area contributed by atoms with E-state index in [1.54, 1.807) is 36.4 Å². The van der Waals surface area contributed by atoms with Crippen molar-refractivity contribution in [3.63, 3.8) is 0 Å². The van der Waals surface area contributed by atoms with Gasteiger partial charge in [0.1, 0.15) is 12.1 Å². The first kappa shape index (κ1) is 17.2. The van der Waals surface area contributed by atoms with Crippen LogP contribution in [0.5, 0.6) is 0 Å². The Labute approximate surface area is 164 Å². The fourth-order valence-corrected chi connectivity index (χ4v) is 3.15. The molecule has 1 amide bonds. The minimum Gasteiger partial charge on any atom is -0.324 e. The molecule has 0 saturated heterocycles. The first-order chi connectivity index (χ1) is 14.2. The van der Waals surface area contributed by atoms with Gasteiger partial charge in [-0.2, -0.15) is 0 Å². The maximum Gasteiger partial charge on any atom is 0.278 e. The zero-order chi connectivity index (χ0) is 19.8. The number of fused-ring (bicyclic) bond motifs is 1. The number of hydrogen-bond donors (Lipinski definition) is 1. The Morgan fingerprint density at radius 2 is 1.93 bits per heavy atom. The Bertz CT molecular complexity index is 1270. The van der Waals surface area contributed by atoms with Crippen molar-refractivity contribution in [1.29, 1.82) is 0 Å². The average molecular weight is 388 g/mol. The third kappa shape index (κ3) is 3.35. The van der Waals surface area contributed by atoms with Gasteiger partial charge in [-0.1, -0.05) is 29.5 Å². The molecule has 1 aliphatic carbocycles. The predicted octanol–water partition coefficient (Wildman–Crippen LogP) is 1.42. The fourth-order valence-electron chi connectivity index (χ4n) is 3.15. The highest BCUT2D eigenvalue weighted by Crippen LogP contribution is 2.36. The number of carbonyl (C=O) groups is 1. The van der Waals surface area contributed by atoms with Gasteiger partial charge in [0.15, 0.2) is 5.82 Å². The first-order valence-electron chi connectivity index (χ1n) is 9.20. The summed E-state index contributed by atoms with van der Waals surface area (Å²) in [5.74, 6) is 0.288. The number of nitrogens with one attached hydrogen (secondary N) is 1. The van der Waals surface area contributed by atoms with Gasteiger partial charge in [-0.05, 0) is 47.5 Å². The summed E-state index contributed by atoms with van der Waals surface area (Å²) in [6, 6.07) is 14.5. The van der Waals surface area contributed by atoms with Crippen molar-refractivity contribution in [3.05, 3.63) is 58.9 Å². The molecule has 29 heavy (non-hydrogen) atoms. The second-order valence-corrected chi connectivity index (χ2v) is 6.88. The van der Waals surface area contributed by atoms with E-state index < -0.39 is 0 Å². The third-order valence-electron chi connectivity index (χ3n) is 4.71. The molecule has 0 spiro atoms. The van der Waals surface area contributed by atoms with Crippen LogP contribution in [0.25, 0.3) is 22.3 Å². The summed E-state index contributed by atoms with van der Waals surface area (Å²) in [7, 11) is 0. The molecule has 10 heteroatoms. The Hall–Kier alpha value is -3.95. The second kappa shape index (κ2) is 6.89. The van der Waals surface area contributed by atoms with Crippen LogP contribution in [-0.2, 0) is 11.3 Å². The molecule has 2 heterocycles. The van der Waals surface area contributed by atoms with E-state index in [0.29, 0.717) is 28.5 Å². The van der Waals surface area contributed by atoms with E-state index in [2.05, 4.69) is 31.2 Å². The van der Waals surface area contributed by atoms with Crippen LogP contribution in [0.3, 0.4) is 0 Å². The molecule has 4 aromatic rings. The molecule has 5 rings (SSSR count). The smallest absolute Gasteiger partial charge is 0.278 e. The van der Waals surface area contributed by atoms with Crippen molar-refractivity contribution < 1.29 is 4.79 Å². The van der Waals surface area contributed by atoms with Crippen molar-refractivity contribution in [2.24, 2.45) is 0 Å². The Balaban J connectivity index is 1.36. The third-order valence-corrected chi connectivity index (χ3v) is 4.71. The molecule has 0 unspecified atom stereocenters. The summed E-state index contributed by atoms with van der Waals surface area (Å²) in [6.07, 6.45) is 2.13. The summed E-state index contributed by atoms with van der Waals surface area (Å²) in [4.78, 5) is 25.0. The van der Waals surface area contributed by atoms with Gasteiger partial charge in [-0.3, -0.25) is 9.59 Å². The van der Waals surface area contributed by atoms with Gasteiger partial charge in [0, 0.05) is 11.3 Å². The van der Waals surface area contributed by atoms with Gasteiger partial charge < -0.3 is 5.32 Å². The van der Waals surface area contributed by atoms with Crippen molar-refractivity contribution in [2.75, 3.05) is 5.32 Å². The number of amides is 1. The molecule has 2 aromatic heterocycles. The van der Waals surface area contributed by atoms with Gasteiger partial charge in [-0.25, -0.2) is 9.36 Å². The van der Waals surface area contributed by atoms with Crippen LogP contribution in [0.4, 0.5) is 5.69 Å². The van der Waals surface area contributed by atoms with E-state index in [9.17, 15) is 9.59 Å². The van der Waals surface area contributed by atoms with Crippen molar-refractivity contribution in [2.45, 2.75) is 25.4 Å². The van der Waals surface area contributed by atoms with Crippen molar-refractivity contribution >= 4 is 22.5 Å². The molecular weight excluding hydrogens is 372 g/mol. The number of aromatic nitrogens is 7. The van der Waals surface area contributed by atoms with E-state index in [0.717, 1.165) is 23.1 Å². The molecule has 1 fully saturated rings. The zero-order valence-electron chi connectivity index (χ0n) is 15.3. The SMILES string of the molecule is O=C(Cn1nnc2ccccc2c1=O)Nc1cccc(-c2nnnn2C2CC2)c1. The Kier molecular flexibility index (Phi) is 4.08. The highest BCUT2D eigenvalue weighted by molar-refractivity contribution is 5.91. The molecule has 2 aromatic carbocycles. The lowest BCUT2D eigenvalue weighted by Gasteiger charge is -2.08. The largest absolute Gasteiger partial charge is 0.324 e. The van der Waals surface area contributed by atoms with Crippen molar-refractivity contribution in [3.8, 4) is 11.4 Å². The lowest BCUT2D eigenvalue weighted by molar-refractivity contribution is -0.117. The quantitative estimate of drug-likeness (QED) is 0.549.